The molecule has 0 radical (unpaired) electrons. The smallest absolute Gasteiger partial charge is 0.322 e. The van der Waals surface area contributed by atoms with Gasteiger partial charge in [0.2, 0.25) is 0 Å². The van der Waals surface area contributed by atoms with Crippen LogP contribution in [0.15, 0.2) is 4.52 Å². The molecule has 2 fully saturated rings. The minimum Gasteiger partial charge on any atom is -0.378 e. The number of aromatic nitrogens is 1. The average molecular weight is 321 g/mol. The summed E-state index contributed by atoms with van der Waals surface area (Å²) in [5.74, 6) is 1.13. The van der Waals surface area contributed by atoms with Crippen LogP contribution in [0.2, 0.25) is 0 Å². The zero-order chi connectivity index (χ0) is 16.2. The number of carbonyl (C=O) groups is 1. The molecule has 1 aromatic rings. The number of piperidine rings is 1. The van der Waals surface area contributed by atoms with Crippen LogP contribution < -0.4 is 5.32 Å². The molecule has 1 N–H and O–H groups in total. The van der Waals surface area contributed by atoms with E-state index < -0.39 is 0 Å². The number of nitrogens with zero attached hydrogens (tertiary/aromatic N) is 2. The van der Waals surface area contributed by atoms with Crippen LogP contribution in [0.3, 0.4) is 0 Å². The molecule has 2 amide bonds. The number of carbonyl (C=O) groups excluding carboxylic acids is 1. The van der Waals surface area contributed by atoms with E-state index in [9.17, 15) is 4.79 Å². The molecule has 0 aromatic carbocycles. The second-order valence-corrected chi connectivity index (χ2v) is 6.60. The van der Waals surface area contributed by atoms with E-state index in [4.69, 9.17) is 9.26 Å². The summed E-state index contributed by atoms with van der Waals surface area (Å²) in [5.41, 5.74) is 1.54. The maximum atomic E-state index is 12.6. The molecule has 2 atom stereocenters. The van der Waals surface area contributed by atoms with E-state index in [1.54, 1.807) is 0 Å². The zero-order valence-corrected chi connectivity index (χ0v) is 14.1. The Morgan fingerprint density at radius 1 is 1.35 bits per heavy atom. The largest absolute Gasteiger partial charge is 0.378 e. The molecule has 1 aromatic heterocycles. The van der Waals surface area contributed by atoms with Gasteiger partial charge in [-0.25, -0.2) is 4.79 Å². The van der Waals surface area contributed by atoms with Crippen LogP contribution in [0.1, 0.15) is 50.5 Å². The van der Waals surface area contributed by atoms with E-state index in [-0.39, 0.29) is 6.03 Å². The Hall–Kier alpha value is -1.56. The third kappa shape index (κ3) is 3.68. The van der Waals surface area contributed by atoms with Gasteiger partial charge in [0.1, 0.15) is 11.4 Å². The number of ether oxygens (including phenoxy) is 1. The number of rotatable bonds is 3. The van der Waals surface area contributed by atoms with Crippen molar-refractivity contribution in [2.45, 2.75) is 58.5 Å². The van der Waals surface area contributed by atoms with Crippen LogP contribution >= 0.6 is 0 Å². The molecule has 2 aliphatic rings. The second-order valence-electron chi connectivity index (χ2n) is 6.60. The van der Waals surface area contributed by atoms with E-state index in [0.717, 1.165) is 56.8 Å². The Balaban J connectivity index is 1.61. The predicted octanol–water partition coefficient (Wildman–Crippen LogP) is 3.36. The summed E-state index contributed by atoms with van der Waals surface area (Å²) in [6, 6.07) is -0.0495. The average Bonchev–Trinajstić information content (AvgIpc) is 2.96. The zero-order valence-electron chi connectivity index (χ0n) is 14.1. The predicted molar refractivity (Wildman–Crippen MR) is 87.5 cm³/mol. The standard InChI is InChI=1S/C17H27N3O3/c1-3-14-16(12(2)23-19-14)18-17(21)20-9-6-7-13(11-20)15-8-4-5-10-22-15/h13,15H,3-11H2,1-2H3,(H,18,21). The molecule has 3 rings (SSSR count). The first-order valence-corrected chi connectivity index (χ1v) is 8.81. The molecule has 2 unspecified atom stereocenters. The van der Waals surface area contributed by atoms with Crippen molar-refractivity contribution < 1.29 is 14.1 Å². The van der Waals surface area contributed by atoms with Gasteiger partial charge in [0.15, 0.2) is 5.76 Å². The second kappa shape index (κ2) is 7.34. The molecule has 23 heavy (non-hydrogen) atoms. The lowest BCUT2D eigenvalue weighted by Gasteiger charge is -2.38. The van der Waals surface area contributed by atoms with Crippen molar-refractivity contribution in [3.05, 3.63) is 11.5 Å². The Morgan fingerprint density at radius 3 is 2.96 bits per heavy atom. The highest BCUT2D eigenvalue weighted by Crippen LogP contribution is 2.28. The molecular formula is C17H27N3O3. The summed E-state index contributed by atoms with van der Waals surface area (Å²) < 4.78 is 11.1. The van der Waals surface area contributed by atoms with Gasteiger partial charge in [-0.3, -0.25) is 0 Å². The summed E-state index contributed by atoms with van der Waals surface area (Å²) in [6.07, 6.45) is 6.80. The van der Waals surface area contributed by atoms with Crippen molar-refractivity contribution in [2.75, 3.05) is 25.0 Å². The van der Waals surface area contributed by atoms with E-state index in [2.05, 4.69) is 10.5 Å². The van der Waals surface area contributed by atoms with Crippen molar-refractivity contribution in [3.8, 4) is 0 Å². The molecule has 128 valence electrons. The lowest BCUT2D eigenvalue weighted by molar-refractivity contribution is -0.0360. The number of hydrogen-bond donors (Lipinski definition) is 1. The summed E-state index contributed by atoms with van der Waals surface area (Å²) in [6.45, 7) is 6.29. The van der Waals surface area contributed by atoms with Crippen LogP contribution in [-0.2, 0) is 11.2 Å². The van der Waals surface area contributed by atoms with Gasteiger partial charge < -0.3 is 19.5 Å². The molecule has 2 saturated heterocycles. The van der Waals surface area contributed by atoms with E-state index in [0.29, 0.717) is 17.8 Å². The fourth-order valence-electron chi connectivity index (χ4n) is 3.64. The molecule has 0 bridgehead atoms. The number of amides is 2. The van der Waals surface area contributed by atoms with Gasteiger partial charge in [-0.05, 0) is 45.4 Å². The first-order chi connectivity index (χ1) is 11.2. The SMILES string of the molecule is CCc1noc(C)c1NC(=O)N1CCCC(C2CCCCO2)C1. The van der Waals surface area contributed by atoms with Crippen LogP contribution in [0, 0.1) is 12.8 Å². The summed E-state index contributed by atoms with van der Waals surface area (Å²) in [5, 5.41) is 6.99. The first-order valence-electron chi connectivity index (χ1n) is 8.81. The quantitative estimate of drug-likeness (QED) is 0.927. The van der Waals surface area contributed by atoms with Crippen molar-refractivity contribution in [3.63, 3.8) is 0 Å². The molecule has 0 spiro atoms. The highest BCUT2D eigenvalue weighted by atomic mass is 16.5. The number of likely N-dealkylation sites (tertiary alicyclic amines) is 1. The van der Waals surface area contributed by atoms with Gasteiger partial charge in [-0.2, -0.15) is 0 Å². The molecular weight excluding hydrogens is 294 g/mol. The van der Waals surface area contributed by atoms with Crippen molar-refractivity contribution >= 4 is 11.7 Å². The summed E-state index contributed by atoms with van der Waals surface area (Å²) in [7, 11) is 0. The number of nitrogens with one attached hydrogen (secondary N) is 1. The van der Waals surface area contributed by atoms with Crippen LogP contribution in [-0.4, -0.2) is 41.9 Å². The lowest BCUT2D eigenvalue weighted by Crippen LogP contribution is -2.46. The van der Waals surface area contributed by atoms with Crippen LogP contribution in [0.5, 0.6) is 0 Å². The Kier molecular flexibility index (Phi) is 5.20. The van der Waals surface area contributed by atoms with Crippen molar-refractivity contribution in [1.82, 2.24) is 10.1 Å². The van der Waals surface area contributed by atoms with Gasteiger partial charge >= 0.3 is 6.03 Å². The van der Waals surface area contributed by atoms with Gasteiger partial charge in [-0.1, -0.05) is 12.1 Å². The lowest BCUT2D eigenvalue weighted by atomic mass is 9.88. The van der Waals surface area contributed by atoms with Gasteiger partial charge in [0.05, 0.1) is 6.10 Å². The Morgan fingerprint density at radius 2 is 2.22 bits per heavy atom. The molecule has 2 aliphatic heterocycles. The number of anilines is 1. The fraction of sp³-hybridized carbons (Fsp3) is 0.765. The minimum absolute atomic E-state index is 0.0495. The number of urea groups is 1. The van der Waals surface area contributed by atoms with Crippen LogP contribution in [0.4, 0.5) is 10.5 Å². The van der Waals surface area contributed by atoms with E-state index in [1.165, 1.54) is 12.8 Å². The highest BCUT2D eigenvalue weighted by Gasteiger charge is 2.31. The Bertz CT molecular complexity index is 537. The fourth-order valence-corrected chi connectivity index (χ4v) is 3.64. The topological polar surface area (TPSA) is 67.6 Å². The monoisotopic (exact) mass is 321 g/mol. The normalized spacial score (nSPS) is 25.4. The van der Waals surface area contributed by atoms with Gasteiger partial charge in [0.25, 0.3) is 0 Å². The van der Waals surface area contributed by atoms with Gasteiger partial charge in [0, 0.05) is 25.6 Å². The molecule has 6 nitrogen and oxygen atoms in total. The minimum atomic E-state index is -0.0495. The molecule has 0 saturated carbocycles. The van der Waals surface area contributed by atoms with Crippen molar-refractivity contribution in [2.24, 2.45) is 5.92 Å². The van der Waals surface area contributed by atoms with Crippen molar-refractivity contribution in [1.29, 1.82) is 0 Å². The van der Waals surface area contributed by atoms with Crippen LogP contribution in [0.25, 0.3) is 0 Å². The maximum Gasteiger partial charge on any atom is 0.322 e. The number of aryl methyl sites for hydroxylation is 2. The third-order valence-corrected chi connectivity index (χ3v) is 4.99. The maximum absolute atomic E-state index is 12.6. The summed E-state index contributed by atoms with van der Waals surface area (Å²) >= 11 is 0. The highest BCUT2D eigenvalue weighted by molar-refractivity contribution is 5.90. The molecule has 3 heterocycles. The van der Waals surface area contributed by atoms with E-state index in [1.807, 2.05) is 18.7 Å². The first kappa shape index (κ1) is 16.3. The molecule has 0 aliphatic carbocycles. The third-order valence-electron chi connectivity index (χ3n) is 4.99. The Labute approximate surface area is 137 Å². The van der Waals surface area contributed by atoms with Gasteiger partial charge in [-0.15, -0.1) is 0 Å². The number of hydrogen-bond acceptors (Lipinski definition) is 4. The van der Waals surface area contributed by atoms with E-state index >= 15 is 0 Å². The molecule has 6 heteroatoms. The summed E-state index contributed by atoms with van der Waals surface area (Å²) in [4.78, 5) is 14.5.